The number of aromatic nitrogens is 1. The number of piperazine rings is 1. The molecule has 0 radical (unpaired) electrons. The Morgan fingerprint density at radius 1 is 1.06 bits per heavy atom. The lowest BCUT2D eigenvalue weighted by atomic mass is 10.2. The molecule has 10 nitrogen and oxygen atoms in total. The van der Waals surface area contributed by atoms with Crippen molar-refractivity contribution in [2.24, 2.45) is 0 Å². The van der Waals surface area contributed by atoms with Crippen molar-refractivity contribution in [1.82, 2.24) is 14.2 Å². The molecule has 32 heavy (non-hydrogen) atoms. The van der Waals surface area contributed by atoms with Crippen molar-refractivity contribution in [3.05, 3.63) is 41.8 Å². The number of esters is 1. The van der Waals surface area contributed by atoms with Crippen LogP contribution >= 0.6 is 0 Å². The Balaban J connectivity index is 1.43. The van der Waals surface area contributed by atoms with E-state index in [2.05, 4.69) is 9.88 Å². The van der Waals surface area contributed by atoms with Gasteiger partial charge in [-0.05, 0) is 44.0 Å². The van der Waals surface area contributed by atoms with Crippen LogP contribution in [-0.2, 0) is 14.8 Å². The van der Waals surface area contributed by atoms with Gasteiger partial charge in [0.25, 0.3) is 15.9 Å². The number of hydrogen-bond acceptors (Lipinski definition) is 8. The van der Waals surface area contributed by atoms with Crippen molar-refractivity contribution < 1.29 is 27.2 Å². The normalized spacial score (nSPS) is 17.5. The average molecular weight is 463 g/mol. The number of carbonyl (C=O) groups is 2. The van der Waals surface area contributed by atoms with E-state index in [-0.39, 0.29) is 49.5 Å². The van der Waals surface area contributed by atoms with Crippen molar-refractivity contribution in [1.29, 1.82) is 0 Å². The zero-order chi connectivity index (χ0) is 22.7. The lowest BCUT2D eigenvalue weighted by molar-refractivity contribution is 0.0483. The summed E-state index contributed by atoms with van der Waals surface area (Å²) < 4.78 is 37.2. The summed E-state index contributed by atoms with van der Waals surface area (Å²) in [6, 6.07) is 6.04. The zero-order valence-electron chi connectivity index (χ0n) is 17.9. The van der Waals surface area contributed by atoms with E-state index >= 15 is 0 Å². The van der Waals surface area contributed by atoms with Gasteiger partial charge in [0.1, 0.15) is 5.82 Å². The quantitative estimate of drug-likeness (QED) is 0.595. The fourth-order valence-corrected chi connectivity index (χ4v) is 5.28. The number of ether oxygens (including phenoxy) is 1. The highest BCUT2D eigenvalue weighted by Gasteiger charge is 2.34. The number of pyridine rings is 1. The van der Waals surface area contributed by atoms with E-state index in [9.17, 15) is 18.0 Å². The molecule has 0 unspecified atom stereocenters. The average Bonchev–Trinajstić information content (AvgIpc) is 3.52. The summed E-state index contributed by atoms with van der Waals surface area (Å²) in [5.74, 6) is -0.341. The van der Waals surface area contributed by atoms with Crippen molar-refractivity contribution in [3.63, 3.8) is 0 Å². The van der Waals surface area contributed by atoms with Gasteiger partial charge in [0.15, 0.2) is 0 Å². The fraction of sp³-hybridized carbons (Fsp3) is 0.476. The minimum atomic E-state index is -3.92. The van der Waals surface area contributed by atoms with Crippen molar-refractivity contribution in [2.75, 3.05) is 50.8 Å². The van der Waals surface area contributed by atoms with Gasteiger partial charge >= 0.3 is 5.97 Å². The molecule has 4 rings (SSSR count). The maximum atomic E-state index is 13.2. The highest BCUT2D eigenvalue weighted by Crippen LogP contribution is 2.25. The molecule has 0 atom stereocenters. The molecule has 172 valence electrons. The maximum Gasteiger partial charge on any atom is 0.374 e. The summed E-state index contributed by atoms with van der Waals surface area (Å²) in [4.78, 5) is 33.1. The highest BCUT2D eigenvalue weighted by molar-refractivity contribution is 7.89. The SMILES string of the molecule is CCOC(=O)c1ccc(S(=O)(=O)N2CCN(C(=O)c3cccnc3N3CCCC3)CC2)o1. The molecule has 2 aromatic heterocycles. The molecule has 2 fully saturated rings. The number of anilines is 1. The molecular weight excluding hydrogens is 436 g/mol. The van der Waals surface area contributed by atoms with Crippen molar-refractivity contribution in [2.45, 2.75) is 24.9 Å². The molecule has 0 aromatic carbocycles. The summed E-state index contributed by atoms with van der Waals surface area (Å²) in [7, 11) is -3.92. The van der Waals surface area contributed by atoms with Gasteiger partial charge in [-0.15, -0.1) is 0 Å². The van der Waals surface area contributed by atoms with Gasteiger partial charge in [-0.25, -0.2) is 18.2 Å². The van der Waals surface area contributed by atoms with E-state index in [1.54, 1.807) is 30.2 Å². The predicted molar refractivity (Wildman–Crippen MR) is 115 cm³/mol. The molecular formula is C21H26N4O6S. The summed E-state index contributed by atoms with van der Waals surface area (Å²) in [5, 5.41) is -0.316. The van der Waals surface area contributed by atoms with Gasteiger partial charge in [-0.2, -0.15) is 4.31 Å². The zero-order valence-corrected chi connectivity index (χ0v) is 18.7. The molecule has 1 amide bonds. The summed E-state index contributed by atoms with van der Waals surface area (Å²) >= 11 is 0. The van der Waals surface area contributed by atoms with Crippen molar-refractivity contribution in [3.8, 4) is 0 Å². The van der Waals surface area contributed by atoms with E-state index in [0.29, 0.717) is 11.4 Å². The number of furan rings is 1. The number of hydrogen-bond donors (Lipinski definition) is 0. The van der Waals surface area contributed by atoms with Crippen LogP contribution in [0.15, 0.2) is 40.0 Å². The largest absolute Gasteiger partial charge is 0.460 e. The first-order chi connectivity index (χ1) is 15.4. The summed E-state index contributed by atoms with van der Waals surface area (Å²) in [5.41, 5.74) is 0.538. The lowest BCUT2D eigenvalue weighted by Gasteiger charge is -2.34. The number of amides is 1. The van der Waals surface area contributed by atoms with E-state index in [1.165, 1.54) is 16.4 Å². The van der Waals surface area contributed by atoms with Gasteiger partial charge in [0.2, 0.25) is 10.9 Å². The van der Waals surface area contributed by atoms with Crippen LogP contribution in [0.3, 0.4) is 0 Å². The molecule has 0 N–H and O–H groups in total. The minimum absolute atomic E-state index is 0.128. The standard InChI is InChI=1S/C21H26N4O6S/c1-2-30-21(27)17-7-8-18(31-17)32(28,29)25-14-12-24(13-15-25)20(26)16-6-5-9-22-19(16)23-10-3-4-11-23/h5-9H,2-4,10-15H2,1H3. The highest BCUT2D eigenvalue weighted by atomic mass is 32.2. The number of nitrogens with zero attached hydrogens (tertiary/aromatic N) is 4. The fourth-order valence-electron chi connectivity index (χ4n) is 3.94. The molecule has 0 bridgehead atoms. The van der Waals surface area contributed by atoms with Crippen molar-refractivity contribution >= 4 is 27.7 Å². The molecule has 11 heteroatoms. The van der Waals surface area contributed by atoms with E-state index in [1.807, 2.05) is 0 Å². The lowest BCUT2D eigenvalue weighted by Crippen LogP contribution is -2.50. The third-order valence-corrected chi connectivity index (χ3v) is 7.37. The molecule has 2 aliphatic rings. The second-order valence-corrected chi connectivity index (χ2v) is 9.47. The molecule has 4 heterocycles. The molecule has 0 saturated carbocycles. The first-order valence-corrected chi connectivity index (χ1v) is 12.1. The van der Waals surface area contributed by atoms with Gasteiger partial charge in [0.05, 0.1) is 12.2 Å². The van der Waals surface area contributed by atoms with Crippen LogP contribution in [0.2, 0.25) is 0 Å². The van der Waals surface area contributed by atoms with Crippen LogP contribution < -0.4 is 4.90 Å². The van der Waals surface area contributed by atoms with Crippen LogP contribution in [0, 0.1) is 0 Å². The Morgan fingerprint density at radius 2 is 1.78 bits per heavy atom. The molecule has 0 spiro atoms. The third kappa shape index (κ3) is 4.35. The van der Waals surface area contributed by atoms with Crippen LogP contribution in [0.1, 0.15) is 40.7 Å². The van der Waals surface area contributed by atoms with Crippen LogP contribution in [0.4, 0.5) is 5.82 Å². The Hall–Kier alpha value is -2.92. The second kappa shape index (κ2) is 9.29. The minimum Gasteiger partial charge on any atom is -0.460 e. The monoisotopic (exact) mass is 462 g/mol. The molecule has 2 aromatic rings. The number of rotatable bonds is 6. The first-order valence-electron chi connectivity index (χ1n) is 10.7. The van der Waals surface area contributed by atoms with E-state index in [0.717, 1.165) is 25.9 Å². The van der Waals surface area contributed by atoms with Gasteiger partial charge in [0, 0.05) is 45.5 Å². The Morgan fingerprint density at radius 3 is 2.47 bits per heavy atom. The summed E-state index contributed by atoms with van der Waals surface area (Å²) in [6.45, 7) is 4.31. The second-order valence-electron chi connectivity index (χ2n) is 7.60. The van der Waals surface area contributed by atoms with Crippen LogP contribution in [0.5, 0.6) is 0 Å². The molecule has 0 aliphatic carbocycles. The van der Waals surface area contributed by atoms with Gasteiger partial charge in [-0.3, -0.25) is 4.79 Å². The number of carbonyl (C=O) groups excluding carboxylic acids is 2. The Labute approximate surface area is 186 Å². The van der Waals surface area contributed by atoms with E-state index < -0.39 is 16.0 Å². The summed E-state index contributed by atoms with van der Waals surface area (Å²) in [6.07, 6.45) is 3.83. The van der Waals surface area contributed by atoms with Crippen LogP contribution in [0.25, 0.3) is 0 Å². The predicted octanol–water partition coefficient (Wildman–Crippen LogP) is 1.60. The van der Waals surface area contributed by atoms with Gasteiger partial charge < -0.3 is 19.0 Å². The Bertz CT molecular complexity index is 1090. The number of sulfonamides is 1. The third-order valence-electron chi connectivity index (χ3n) is 5.60. The van der Waals surface area contributed by atoms with Gasteiger partial charge in [-0.1, -0.05) is 0 Å². The topological polar surface area (TPSA) is 113 Å². The maximum absolute atomic E-state index is 13.2. The van der Waals surface area contributed by atoms with Crippen LogP contribution in [-0.4, -0.2) is 80.4 Å². The Kier molecular flexibility index (Phi) is 6.47. The molecule has 2 aliphatic heterocycles. The van der Waals surface area contributed by atoms with E-state index in [4.69, 9.17) is 9.15 Å². The smallest absolute Gasteiger partial charge is 0.374 e. The molecule has 2 saturated heterocycles. The first kappa shape index (κ1) is 22.3.